The van der Waals surface area contributed by atoms with Crippen LogP contribution in [-0.2, 0) is 6.54 Å². The molecule has 0 aliphatic heterocycles. The number of nitrogens with one attached hydrogen (secondary N) is 1. The highest BCUT2D eigenvalue weighted by atomic mass is 35.5. The van der Waals surface area contributed by atoms with Crippen LogP contribution in [0.3, 0.4) is 0 Å². The summed E-state index contributed by atoms with van der Waals surface area (Å²) in [5.74, 6) is -0.146. The van der Waals surface area contributed by atoms with Crippen molar-refractivity contribution in [1.29, 1.82) is 0 Å². The molecule has 28 heavy (non-hydrogen) atoms. The minimum absolute atomic E-state index is 0.127. The van der Waals surface area contributed by atoms with E-state index in [-0.39, 0.29) is 11.6 Å². The quantitative estimate of drug-likeness (QED) is 0.411. The lowest BCUT2D eigenvalue weighted by Crippen LogP contribution is -2.33. The Balaban J connectivity index is 1.76. The molecule has 7 nitrogen and oxygen atoms in total. The number of aryl methyl sites for hydroxylation is 1. The van der Waals surface area contributed by atoms with Crippen molar-refractivity contribution in [2.75, 3.05) is 5.32 Å². The lowest BCUT2D eigenvalue weighted by molar-refractivity contribution is -0.668. The molecule has 0 aliphatic rings. The standard InChI is InChI=1S/C20H16ClN5O2/c1-13-5-4-9-22-18(13)24-19(27)17-20(28)26(16-6-2-3-10-25(16)17)12-14-7-8-15(21)23-11-14/h2-11H,12H2,1H3,(H-,22,24,27,28)/p+1. The lowest BCUT2D eigenvalue weighted by atomic mass is 10.3. The second kappa shape index (κ2) is 7.28. The van der Waals surface area contributed by atoms with Crippen LogP contribution in [0.2, 0.25) is 5.15 Å². The van der Waals surface area contributed by atoms with Crippen LogP contribution in [0, 0.1) is 6.92 Å². The molecule has 0 aliphatic carbocycles. The SMILES string of the molecule is Cc1cccnc1NC(=O)c1c(O)[n+](Cc2ccc(Cl)nc2)c2ccccn12. The van der Waals surface area contributed by atoms with E-state index in [1.807, 2.05) is 31.2 Å². The molecular formula is C20H17ClN5O2+. The Morgan fingerprint density at radius 1 is 1.21 bits per heavy atom. The number of rotatable bonds is 4. The van der Waals surface area contributed by atoms with E-state index in [1.165, 1.54) is 0 Å². The zero-order valence-electron chi connectivity index (χ0n) is 15.0. The minimum Gasteiger partial charge on any atom is -0.474 e. The number of aromatic hydroxyl groups is 1. The van der Waals surface area contributed by atoms with E-state index in [2.05, 4.69) is 15.3 Å². The molecule has 4 aromatic rings. The largest absolute Gasteiger partial charge is 0.474 e. The Morgan fingerprint density at radius 2 is 2.07 bits per heavy atom. The molecule has 0 aromatic carbocycles. The van der Waals surface area contributed by atoms with Crippen molar-refractivity contribution in [3.8, 4) is 5.88 Å². The molecule has 8 heteroatoms. The summed E-state index contributed by atoms with van der Waals surface area (Å²) in [5.41, 5.74) is 2.46. The number of anilines is 1. The highest BCUT2D eigenvalue weighted by molar-refractivity contribution is 6.29. The summed E-state index contributed by atoms with van der Waals surface area (Å²) in [6.45, 7) is 2.19. The van der Waals surface area contributed by atoms with Crippen LogP contribution in [0.15, 0.2) is 61.1 Å². The smallest absolute Gasteiger partial charge is 0.337 e. The molecule has 0 bridgehead atoms. The number of pyridine rings is 3. The number of nitrogens with zero attached hydrogens (tertiary/aromatic N) is 4. The van der Waals surface area contributed by atoms with E-state index in [1.54, 1.807) is 45.8 Å². The topological polar surface area (TPSA) is 83.4 Å². The van der Waals surface area contributed by atoms with Gasteiger partial charge < -0.3 is 10.4 Å². The fourth-order valence-electron chi connectivity index (χ4n) is 3.02. The first-order valence-corrected chi connectivity index (χ1v) is 8.97. The van der Waals surface area contributed by atoms with Gasteiger partial charge in [-0.2, -0.15) is 8.97 Å². The van der Waals surface area contributed by atoms with Crippen LogP contribution >= 0.6 is 11.6 Å². The van der Waals surface area contributed by atoms with Gasteiger partial charge in [0.15, 0.2) is 0 Å². The monoisotopic (exact) mass is 394 g/mol. The molecule has 4 heterocycles. The number of hydrogen-bond donors (Lipinski definition) is 2. The Kier molecular flexibility index (Phi) is 4.67. The van der Waals surface area contributed by atoms with Gasteiger partial charge in [0, 0.05) is 24.0 Å². The fraction of sp³-hybridized carbons (Fsp3) is 0.100. The molecule has 2 N–H and O–H groups in total. The zero-order chi connectivity index (χ0) is 19.7. The Bertz CT molecular complexity index is 1170. The lowest BCUT2D eigenvalue weighted by Gasteiger charge is -2.04. The van der Waals surface area contributed by atoms with E-state index < -0.39 is 5.91 Å². The molecule has 0 spiro atoms. The predicted octanol–water partition coefficient (Wildman–Crippen LogP) is 2.98. The molecule has 0 radical (unpaired) electrons. The van der Waals surface area contributed by atoms with Crippen molar-refractivity contribution in [2.24, 2.45) is 0 Å². The Hall–Kier alpha value is -3.45. The number of carbonyl (C=O) groups is 1. The molecule has 0 saturated heterocycles. The summed E-state index contributed by atoms with van der Waals surface area (Å²) >= 11 is 5.85. The maximum atomic E-state index is 12.9. The second-order valence-corrected chi connectivity index (χ2v) is 6.69. The van der Waals surface area contributed by atoms with Crippen molar-refractivity contribution in [2.45, 2.75) is 13.5 Å². The van der Waals surface area contributed by atoms with Crippen LogP contribution < -0.4 is 9.88 Å². The van der Waals surface area contributed by atoms with Gasteiger partial charge in [0.1, 0.15) is 17.5 Å². The van der Waals surface area contributed by atoms with Gasteiger partial charge in [-0.25, -0.2) is 9.97 Å². The summed E-state index contributed by atoms with van der Waals surface area (Å²) in [6.07, 6.45) is 4.97. The molecule has 4 rings (SSSR count). The number of imidazole rings is 1. The van der Waals surface area contributed by atoms with E-state index in [4.69, 9.17) is 11.6 Å². The third-order valence-corrected chi connectivity index (χ3v) is 4.63. The summed E-state index contributed by atoms with van der Waals surface area (Å²) in [6, 6.07) is 12.6. The van der Waals surface area contributed by atoms with Gasteiger partial charge >= 0.3 is 11.8 Å². The normalized spacial score (nSPS) is 10.9. The third-order valence-electron chi connectivity index (χ3n) is 4.41. The van der Waals surface area contributed by atoms with Crippen molar-refractivity contribution in [1.82, 2.24) is 14.4 Å². The number of carbonyl (C=O) groups excluding carboxylic acids is 1. The third kappa shape index (κ3) is 3.27. The van der Waals surface area contributed by atoms with E-state index >= 15 is 0 Å². The van der Waals surface area contributed by atoms with Crippen molar-refractivity contribution >= 4 is 29.0 Å². The molecule has 1 amide bonds. The molecule has 0 fully saturated rings. The van der Waals surface area contributed by atoms with Gasteiger partial charge in [-0.1, -0.05) is 29.8 Å². The van der Waals surface area contributed by atoms with E-state index in [0.29, 0.717) is 23.2 Å². The van der Waals surface area contributed by atoms with Gasteiger partial charge in [-0.15, -0.1) is 0 Å². The van der Waals surface area contributed by atoms with Gasteiger partial charge in [-0.3, -0.25) is 4.79 Å². The van der Waals surface area contributed by atoms with E-state index in [9.17, 15) is 9.90 Å². The van der Waals surface area contributed by atoms with Gasteiger partial charge in [0.25, 0.3) is 11.3 Å². The number of halogens is 1. The van der Waals surface area contributed by atoms with Gasteiger partial charge in [0.05, 0.1) is 6.20 Å². The number of amides is 1. The number of aromatic nitrogens is 4. The maximum Gasteiger partial charge on any atom is 0.337 e. The zero-order valence-corrected chi connectivity index (χ0v) is 15.8. The second-order valence-electron chi connectivity index (χ2n) is 6.30. The summed E-state index contributed by atoms with van der Waals surface area (Å²) in [5, 5.41) is 14.0. The van der Waals surface area contributed by atoms with Crippen LogP contribution in [0.4, 0.5) is 5.82 Å². The first-order valence-electron chi connectivity index (χ1n) is 8.60. The predicted molar refractivity (Wildman–Crippen MR) is 105 cm³/mol. The van der Waals surface area contributed by atoms with Crippen molar-refractivity contribution < 1.29 is 14.5 Å². The van der Waals surface area contributed by atoms with E-state index in [0.717, 1.165) is 11.1 Å². The van der Waals surface area contributed by atoms with Crippen LogP contribution in [0.1, 0.15) is 21.6 Å². The Morgan fingerprint density at radius 3 is 2.82 bits per heavy atom. The molecule has 0 atom stereocenters. The highest BCUT2D eigenvalue weighted by Gasteiger charge is 2.31. The summed E-state index contributed by atoms with van der Waals surface area (Å²) < 4.78 is 3.29. The first kappa shape index (κ1) is 17.9. The minimum atomic E-state index is -0.450. The summed E-state index contributed by atoms with van der Waals surface area (Å²) in [4.78, 5) is 21.2. The van der Waals surface area contributed by atoms with Gasteiger partial charge in [0.2, 0.25) is 0 Å². The fourth-order valence-corrected chi connectivity index (χ4v) is 3.13. The Labute approximate surface area is 165 Å². The molecule has 0 unspecified atom stereocenters. The van der Waals surface area contributed by atoms with Gasteiger partial charge in [-0.05, 0) is 30.7 Å². The average molecular weight is 395 g/mol. The van der Waals surface area contributed by atoms with Crippen molar-refractivity contribution in [3.63, 3.8) is 0 Å². The maximum absolute atomic E-state index is 12.9. The van der Waals surface area contributed by atoms with Crippen LogP contribution in [0.25, 0.3) is 5.65 Å². The molecular weight excluding hydrogens is 378 g/mol. The number of fused-ring (bicyclic) bond motifs is 1. The summed E-state index contributed by atoms with van der Waals surface area (Å²) in [7, 11) is 0. The highest BCUT2D eigenvalue weighted by Crippen LogP contribution is 2.20. The number of hydrogen-bond acceptors (Lipinski definition) is 4. The molecule has 4 aromatic heterocycles. The average Bonchev–Trinajstić information content (AvgIpc) is 2.97. The first-order chi connectivity index (χ1) is 13.5. The molecule has 140 valence electrons. The van der Waals surface area contributed by atoms with Crippen LogP contribution in [-0.4, -0.2) is 25.4 Å². The van der Waals surface area contributed by atoms with Crippen LogP contribution in [0.5, 0.6) is 5.88 Å². The molecule has 0 saturated carbocycles. The van der Waals surface area contributed by atoms with Crippen molar-refractivity contribution in [3.05, 3.63) is 83.0 Å².